The van der Waals surface area contributed by atoms with Gasteiger partial charge < -0.3 is 9.80 Å². The average Bonchev–Trinajstić information content (AvgIpc) is 3.41. The molecule has 0 spiro atoms. The first kappa shape index (κ1) is 38.3. The van der Waals surface area contributed by atoms with Crippen molar-refractivity contribution in [2.45, 2.75) is 0 Å². The van der Waals surface area contributed by atoms with Crippen molar-refractivity contribution in [1.82, 2.24) is 0 Å². The summed E-state index contributed by atoms with van der Waals surface area (Å²) in [5.74, 6) is 0. The average molecular weight is 863 g/mol. The second-order valence-electron chi connectivity index (χ2n) is 18.0. The molecule has 14 aromatic carbocycles. The van der Waals surface area contributed by atoms with E-state index in [1.54, 1.807) is 0 Å². The lowest BCUT2D eigenvalue weighted by Crippen LogP contribution is -2.14. The Morgan fingerprint density at radius 2 is 0.515 bits per heavy atom. The lowest BCUT2D eigenvalue weighted by atomic mass is 9.93. The van der Waals surface area contributed by atoms with Crippen LogP contribution in [-0.2, 0) is 0 Å². The minimum Gasteiger partial charge on any atom is -0.309 e. The number of anilines is 6. The summed E-state index contributed by atoms with van der Waals surface area (Å²) in [5, 5.41) is 17.5. The molecule has 0 N–H and O–H groups in total. The maximum Gasteiger partial charge on any atom is 0.0541 e. The molecule has 14 aromatic rings. The van der Waals surface area contributed by atoms with Gasteiger partial charge in [0.25, 0.3) is 0 Å². The lowest BCUT2D eigenvalue weighted by Gasteiger charge is -2.33. The van der Waals surface area contributed by atoms with Gasteiger partial charge in [0.1, 0.15) is 0 Å². The van der Waals surface area contributed by atoms with E-state index in [-0.39, 0.29) is 0 Å². The molecule has 0 aliphatic heterocycles. The van der Waals surface area contributed by atoms with Crippen LogP contribution < -0.4 is 9.80 Å². The maximum atomic E-state index is 2.50. The summed E-state index contributed by atoms with van der Waals surface area (Å²) >= 11 is 0. The second-order valence-corrected chi connectivity index (χ2v) is 18.0. The standard InChI is InChI=1S/C66H42N2/c1-3-15-43(16-4-1)55-23-9-11-27-59(55)67(53-39-49-33-29-45-19-13-20-46-30-34-50(40-53)65(49)63(45)46)61-37-38-62(58-26-8-7-25-57(58)61)68(60-28-12-10-24-56(60)44-17-5-2-6-18-44)54-41-51-35-31-47-21-14-22-48-32-36-52(42-54)66(51)64(47)48/h1-42H. The molecule has 68 heavy (non-hydrogen) atoms. The van der Waals surface area contributed by atoms with Crippen LogP contribution in [0.4, 0.5) is 34.1 Å². The first-order chi connectivity index (χ1) is 33.7. The number of fused-ring (bicyclic) bond motifs is 1. The molecule has 0 saturated carbocycles. The van der Waals surface area contributed by atoms with Gasteiger partial charge in [-0.25, -0.2) is 0 Å². The second kappa shape index (κ2) is 15.3. The summed E-state index contributed by atoms with van der Waals surface area (Å²) in [6.45, 7) is 0. The Hall–Kier alpha value is -8.98. The van der Waals surface area contributed by atoms with Crippen molar-refractivity contribution in [3.63, 3.8) is 0 Å². The van der Waals surface area contributed by atoms with E-state index in [0.29, 0.717) is 0 Å². The molecular formula is C66H42N2. The zero-order valence-electron chi connectivity index (χ0n) is 37.1. The van der Waals surface area contributed by atoms with Gasteiger partial charge in [-0.1, -0.05) is 206 Å². The number of rotatable bonds is 8. The molecule has 2 heteroatoms. The molecule has 0 saturated heterocycles. The molecule has 0 heterocycles. The maximum absolute atomic E-state index is 2.50. The van der Waals surface area contributed by atoms with Gasteiger partial charge in [-0.05, 0) is 124 Å². The Morgan fingerprint density at radius 1 is 0.206 bits per heavy atom. The third-order valence-electron chi connectivity index (χ3n) is 14.2. The quantitative estimate of drug-likeness (QED) is 0.140. The fourth-order valence-corrected chi connectivity index (χ4v) is 11.3. The van der Waals surface area contributed by atoms with Crippen LogP contribution in [0.3, 0.4) is 0 Å². The van der Waals surface area contributed by atoms with Crippen LogP contribution in [0.2, 0.25) is 0 Å². The predicted octanol–water partition coefficient (Wildman–Crippen LogP) is 18.9. The van der Waals surface area contributed by atoms with Crippen LogP contribution in [0.1, 0.15) is 0 Å². The molecule has 0 radical (unpaired) electrons. The molecule has 0 unspecified atom stereocenters. The van der Waals surface area contributed by atoms with Crippen LogP contribution in [0.15, 0.2) is 255 Å². The molecule has 0 aromatic heterocycles. The van der Waals surface area contributed by atoms with E-state index in [2.05, 4.69) is 265 Å². The largest absolute Gasteiger partial charge is 0.309 e. The van der Waals surface area contributed by atoms with E-state index in [4.69, 9.17) is 0 Å². The summed E-state index contributed by atoms with van der Waals surface area (Å²) in [7, 11) is 0. The molecular weight excluding hydrogens is 821 g/mol. The van der Waals surface area contributed by atoms with E-state index < -0.39 is 0 Å². The van der Waals surface area contributed by atoms with Crippen molar-refractivity contribution in [3.05, 3.63) is 255 Å². The smallest absolute Gasteiger partial charge is 0.0541 e. The highest BCUT2D eigenvalue weighted by Gasteiger charge is 2.25. The molecule has 2 nitrogen and oxygen atoms in total. The fourth-order valence-electron chi connectivity index (χ4n) is 11.3. The Kier molecular flexibility index (Phi) is 8.62. The van der Waals surface area contributed by atoms with Crippen LogP contribution in [0.25, 0.3) is 97.7 Å². The van der Waals surface area contributed by atoms with Crippen LogP contribution in [-0.4, -0.2) is 0 Å². The van der Waals surface area contributed by atoms with Crippen molar-refractivity contribution in [3.8, 4) is 22.3 Å². The highest BCUT2D eigenvalue weighted by Crippen LogP contribution is 2.51. The fraction of sp³-hybridized carbons (Fsp3) is 0. The summed E-state index contributed by atoms with van der Waals surface area (Å²) in [4.78, 5) is 5.00. The highest BCUT2D eigenvalue weighted by molar-refractivity contribution is 6.25. The highest BCUT2D eigenvalue weighted by atomic mass is 15.2. The lowest BCUT2D eigenvalue weighted by molar-refractivity contribution is 1.28. The Morgan fingerprint density at radius 3 is 0.897 bits per heavy atom. The van der Waals surface area contributed by atoms with Crippen molar-refractivity contribution in [1.29, 1.82) is 0 Å². The van der Waals surface area contributed by atoms with Crippen molar-refractivity contribution in [2.75, 3.05) is 9.80 Å². The Balaban J connectivity index is 1.04. The number of nitrogens with zero attached hydrogens (tertiary/aromatic N) is 2. The van der Waals surface area contributed by atoms with Crippen molar-refractivity contribution >= 4 is 110 Å². The third kappa shape index (κ3) is 5.98. The summed E-state index contributed by atoms with van der Waals surface area (Å²) in [6, 6.07) is 94.1. The minimum atomic E-state index is 1.10. The number of hydrogen-bond donors (Lipinski definition) is 0. The van der Waals surface area contributed by atoms with E-state index in [1.807, 2.05) is 0 Å². The molecule has 0 atom stereocenters. The third-order valence-corrected chi connectivity index (χ3v) is 14.2. The minimum absolute atomic E-state index is 1.10. The van der Waals surface area contributed by atoms with Crippen LogP contribution >= 0.6 is 0 Å². The molecule has 0 aliphatic carbocycles. The topological polar surface area (TPSA) is 6.48 Å². The molecule has 0 aliphatic rings. The van der Waals surface area contributed by atoms with Crippen molar-refractivity contribution in [2.24, 2.45) is 0 Å². The van der Waals surface area contributed by atoms with E-state index in [9.17, 15) is 0 Å². The van der Waals surface area contributed by atoms with E-state index >= 15 is 0 Å². The van der Waals surface area contributed by atoms with Gasteiger partial charge in [0.2, 0.25) is 0 Å². The zero-order valence-corrected chi connectivity index (χ0v) is 37.1. The Labute approximate surface area is 394 Å². The number of hydrogen-bond acceptors (Lipinski definition) is 2. The molecule has 0 fully saturated rings. The van der Waals surface area contributed by atoms with Crippen LogP contribution in [0, 0.1) is 0 Å². The summed E-state index contributed by atoms with van der Waals surface area (Å²) in [6.07, 6.45) is 0. The molecule has 0 amide bonds. The zero-order chi connectivity index (χ0) is 44.7. The van der Waals surface area contributed by atoms with Gasteiger partial charge in [0.15, 0.2) is 0 Å². The van der Waals surface area contributed by atoms with Gasteiger partial charge in [-0.15, -0.1) is 0 Å². The monoisotopic (exact) mass is 862 g/mol. The summed E-state index contributed by atoms with van der Waals surface area (Å²) < 4.78 is 0. The van der Waals surface area contributed by atoms with Crippen molar-refractivity contribution < 1.29 is 0 Å². The van der Waals surface area contributed by atoms with Crippen LogP contribution in [0.5, 0.6) is 0 Å². The molecule has 14 rings (SSSR count). The normalized spacial score (nSPS) is 11.8. The van der Waals surface area contributed by atoms with Gasteiger partial charge in [0.05, 0.1) is 22.7 Å². The SMILES string of the molecule is c1ccc(-c2ccccc2N(c2cc3ccc4cccc5ccc(c2)c3c45)c2ccc(N(c3cc4ccc5cccc6ccc(c3)c4c56)c3ccccc3-c3ccccc3)c3ccccc23)cc1. The summed E-state index contributed by atoms with van der Waals surface area (Å²) in [5.41, 5.74) is 11.3. The molecule has 316 valence electrons. The molecule has 0 bridgehead atoms. The predicted molar refractivity (Wildman–Crippen MR) is 292 cm³/mol. The Bertz CT molecular complexity index is 3810. The van der Waals surface area contributed by atoms with Gasteiger partial charge in [-0.2, -0.15) is 0 Å². The van der Waals surface area contributed by atoms with E-state index in [1.165, 1.54) is 86.9 Å². The first-order valence-electron chi connectivity index (χ1n) is 23.5. The number of para-hydroxylation sites is 2. The van der Waals surface area contributed by atoms with Gasteiger partial charge in [0, 0.05) is 33.3 Å². The first-order valence-corrected chi connectivity index (χ1v) is 23.5. The van der Waals surface area contributed by atoms with Gasteiger partial charge in [-0.3, -0.25) is 0 Å². The number of benzene rings is 14. The van der Waals surface area contributed by atoms with E-state index in [0.717, 1.165) is 44.9 Å². The van der Waals surface area contributed by atoms with Gasteiger partial charge >= 0.3 is 0 Å².